The fraction of sp³-hybridized carbons (Fsp3) is 0.286. The number of nitrogens with zero attached hydrogens (tertiary/aromatic N) is 1. The van der Waals surface area contributed by atoms with E-state index in [1.807, 2.05) is 13.8 Å². The van der Waals surface area contributed by atoms with E-state index < -0.39 is 0 Å². The number of urea groups is 1. The number of ether oxygens (including phenoxy) is 1. The zero-order chi connectivity index (χ0) is 21.4. The summed E-state index contributed by atoms with van der Waals surface area (Å²) in [6.45, 7) is 3.64. The lowest BCUT2D eigenvalue weighted by Gasteiger charge is -2.14. The zero-order valence-electron chi connectivity index (χ0n) is 17.0. The van der Waals surface area contributed by atoms with E-state index in [2.05, 4.69) is 16.0 Å². The van der Waals surface area contributed by atoms with Crippen LogP contribution in [0.5, 0.6) is 5.75 Å². The highest BCUT2D eigenvalue weighted by Gasteiger charge is 2.14. The monoisotopic (exact) mass is 398 g/mol. The molecule has 0 aliphatic rings. The number of hydrogen-bond donors (Lipinski definition) is 3. The molecule has 0 saturated heterocycles. The molecule has 4 amide bonds. The van der Waals surface area contributed by atoms with Crippen LogP contribution in [-0.2, 0) is 4.79 Å². The van der Waals surface area contributed by atoms with Gasteiger partial charge in [0.15, 0.2) is 6.61 Å². The average Bonchev–Trinajstić information content (AvgIpc) is 2.66. The Morgan fingerprint density at radius 3 is 2.24 bits per heavy atom. The third-order valence-electron chi connectivity index (χ3n) is 3.81. The Bertz CT molecular complexity index is 863. The Hall–Kier alpha value is -3.55. The number of hydrogen-bond acceptors (Lipinski definition) is 4. The van der Waals surface area contributed by atoms with Gasteiger partial charge in [-0.2, -0.15) is 0 Å². The van der Waals surface area contributed by atoms with Crippen LogP contribution in [0.15, 0.2) is 48.5 Å². The van der Waals surface area contributed by atoms with Crippen molar-refractivity contribution in [1.29, 1.82) is 0 Å². The van der Waals surface area contributed by atoms with Gasteiger partial charge >= 0.3 is 6.03 Å². The van der Waals surface area contributed by atoms with Gasteiger partial charge in [-0.15, -0.1) is 0 Å². The van der Waals surface area contributed by atoms with E-state index in [0.29, 0.717) is 22.7 Å². The summed E-state index contributed by atoms with van der Waals surface area (Å²) in [5.74, 6) is 0.0144. The van der Waals surface area contributed by atoms with Crippen LogP contribution in [0.25, 0.3) is 0 Å². The highest BCUT2D eigenvalue weighted by Crippen LogP contribution is 2.19. The number of rotatable bonds is 7. The van der Waals surface area contributed by atoms with Crippen LogP contribution in [0.2, 0.25) is 0 Å². The second-order valence-electron chi connectivity index (χ2n) is 6.85. The van der Waals surface area contributed by atoms with Crippen molar-refractivity contribution in [3.63, 3.8) is 0 Å². The molecular weight excluding hydrogens is 372 g/mol. The summed E-state index contributed by atoms with van der Waals surface area (Å²) in [5, 5.41) is 8.19. The van der Waals surface area contributed by atoms with Crippen molar-refractivity contribution in [3.05, 3.63) is 54.1 Å². The van der Waals surface area contributed by atoms with Gasteiger partial charge in [0, 0.05) is 25.8 Å². The summed E-state index contributed by atoms with van der Waals surface area (Å²) >= 11 is 0. The molecule has 2 aromatic rings. The molecule has 0 bridgehead atoms. The summed E-state index contributed by atoms with van der Waals surface area (Å²) in [6.07, 6.45) is 0. The first-order valence-corrected chi connectivity index (χ1v) is 9.17. The maximum atomic E-state index is 12.6. The molecule has 0 saturated carbocycles. The fourth-order valence-corrected chi connectivity index (χ4v) is 2.32. The number of anilines is 2. The predicted molar refractivity (Wildman–Crippen MR) is 112 cm³/mol. The minimum absolute atomic E-state index is 0.0234. The highest BCUT2D eigenvalue weighted by molar-refractivity contribution is 6.10. The van der Waals surface area contributed by atoms with E-state index in [4.69, 9.17) is 4.74 Å². The van der Waals surface area contributed by atoms with Crippen LogP contribution in [-0.4, -0.2) is 49.5 Å². The lowest BCUT2D eigenvalue weighted by molar-refractivity contribution is -0.130. The number of amides is 4. The SMILES string of the molecule is CC(C)NC(=O)Nc1ccccc1C(=O)Nc1ccc(OCC(=O)N(C)C)cc1. The summed E-state index contributed by atoms with van der Waals surface area (Å²) in [5.41, 5.74) is 1.30. The van der Waals surface area contributed by atoms with Crippen LogP contribution >= 0.6 is 0 Å². The Morgan fingerprint density at radius 1 is 0.966 bits per heavy atom. The first-order chi connectivity index (χ1) is 13.8. The second-order valence-corrected chi connectivity index (χ2v) is 6.85. The minimum atomic E-state index is -0.381. The molecule has 8 heteroatoms. The maximum Gasteiger partial charge on any atom is 0.319 e. The quantitative estimate of drug-likeness (QED) is 0.668. The lowest BCUT2D eigenvalue weighted by Crippen LogP contribution is -2.34. The molecule has 3 N–H and O–H groups in total. The molecule has 0 atom stereocenters. The van der Waals surface area contributed by atoms with Gasteiger partial charge in [0.2, 0.25) is 0 Å². The topological polar surface area (TPSA) is 99.8 Å². The molecule has 2 rings (SSSR count). The van der Waals surface area contributed by atoms with E-state index in [0.717, 1.165) is 0 Å². The van der Waals surface area contributed by atoms with Crippen molar-refractivity contribution < 1.29 is 19.1 Å². The zero-order valence-corrected chi connectivity index (χ0v) is 17.0. The molecule has 2 aromatic carbocycles. The van der Waals surface area contributed by atoms with Crippen molar-refractivity contribution in [2.75, 3.05) is 31.3 Å². The lowest BCUT2D eigenvalue weighted by atomic mass is 10.1. The first kappa shape index (κ1) is 21.7. The van der Waals surface area contributed by atoms with Gasteiger partial charge in [-0.25, -0.2) is 4.79 Å². The van der Waals surface area contributed by atoms with E-state index >= 15 is 0 Å². The normalized spacial score (nSPS) is 10.2. The molecule has 8 nitrogen and oxygen atoms in total. The number of benzene rings is 2. The van der Waals surface area contributed by atoms with Crippen molar-refractivity contribution in [1.82, 2.24) is 10.2 Å². The summed E-state index contributed by atoms with van der Waals surface area (Å²) in [7, 11) is 3.31. The van der Waals surface area contributed by atoms with Gasteiger partial charge < -0.3 is 25.6 Å². The third-order valence-corrected chi connectivity index (χ3v) is 3.81. The molecule has 0 spiro atoms. The minimum Gasteiger partial charge on any atom is -0.484 e. The smallest absolute Gasteiger partial charge is 0.319 e. The van der Waals surface area contributed by atoms with Crippen molar-refractivity contribution in [3.8, 4) is 5.75 Å². The molecule has 154 valence electrons. The van der Waals surface area contributed by atoms with Crippen LogP contribution in [0.1, 0.15) is 24.2 Å². The molecule has 0 unspecified atom stereocenters. The Labute approximate surface area is 170 Å². The summed E-state index contributed by atoms with van der Waals surface area (Å²) in [6, 6.07) is 13.0. The highest BCUT2D eigenvalue weighted by atomic mass is 16.5. The number of carbonyl (C=O) groups excluding carboxylic acids is 3. The fourth-order valence-electron chi connectivity index (χ4n) is 2.32. The van der Waals surface area contributed by atoms with E-state index in [-0.39, 0.29) is 30.5 Å². The Morgan fingerprint density at radius 2 is 1.62 bits per heavy atom. The largest absolute Gasteiger partial charge is 0.484 e. The number of carbonyl (C=O) groups is 3. The second kappa shape index (κ2) is 10.1. The molecular formula is C21H26N4O4. The molecule has 0 fully saturated rings. The van der Waals surface area contributed by atoms with E-state index in [1.54, 1.807) is 62.6 Å². The van der Waals surface area contributed by atoms with Crippen LogP contribution in [0.3, 0.4) is 0 Å². The van der Waals surface area contributed by atoms with E-state index in [1.165, 1.54) is 4.90 Å². The van der Waals surface area contributed by atoms with Gasteiger partial charge in [-0.1, -0.05) is 12.1 Å². The Kier molecular flexibility index (Phi) is 7.59. The molecule has 0 heterocycles. The third kappa shape index (κ3) is 6.84. The van der Waals surface area contributed by atoms with Crippen molar-refractivity contribution in [2.45, 2.75) is 19.9 Å². The summed E-state index contributed by atoms with van der Waals surface area (Å²) < 4.78 is 5.41. The van der Waals surface area contributed by atoms with Gasteiger partial charge in [-0.05, 0) is 50.2 Å². The van der Waals surface area contributed by atoms with Gasteiger partial charge in [0.25, 0.3) is 11.8 Å². The number of likely N-dealkylation sites (N-methyl/N-ethyl adjacent to an activating group) is 1. The van der Waals surface area contributed by atoms with Gasteiger partial charge in [-0.3, -0.25) is 9.59 Å². The molecule has 0 aliphatic carbocycles. The van der Waals surface area contributed by atoms with Crippen LogP contribution < -0.4 is 20.7 Å². The van der Waals surface area contributed by atoms with Crippen LogP contribution in [0, 0.1) is 0 Å². The maximum absolute atomic E-state index is 12.6. The average molecular weight is 398 g/mol. The molecule has 0 aliphatic heterocycles. The molecule has 0 radical (unpaired) electrons. The number of nitrogens with one attached hydrogen (secondary N) is 3. The predicted octanol–water partition coefficient (Wildman–Crippen LogP) is 2.94. The van der Waals surface area contributed by atoms with E-state index in [9.17, 15) is 14.4 Å². The van der Waals surface area contributed by atoms with Crippen molar-refractivity contribution >= 4 is 29.2 Å². The Balaban J connectivity index is 2.01. The summed E-state index contributed by atoms with van der Waals surface area (Å²) in [4.78, 5) is 37.6. The molecule has 0 aromatic heterocycles. The first-order valence-electron chi connectivity index (χ1n) is 9.17. The van der Waals surface area contributed by atoms with Gasteiger partial charge in [0.1, 0.15) is 5.75 Å². The molecule has 29 heavy (non-hydrogen) atoms. The van der Waals surface area contributed by atoms with Crippen LogP contribution in [0.4, 0.5) is 16.2 Å². The standard InChI is InChI=1S/C21H26N4O4/c1-14(2)22-21(28)24-18-8-6-5-7-17(18)20(27)23-15-9-11-16(12-10-15)29-13-19(26)25(3)4/h5-12,14H,13H2,1-4H3,(H,23,27)(H2,22,24,28). The van der Waals surface area contributed by atoms with Gasteiger partial charge in [0.05, 0.1) is 11.3 Å². The number of para-hydroxylation sites is 1. The van der Waals surface area contributed by atoms with Crippen molar-refractivity contribution in [2.24, 2.45) is 0 Å².